The van der Waals surface area contributed by atoms with Crippen LogP contribution in [0, 0.1) is 0 Å². The van der Waals surface area contributed by atoms with Crippen molar-refractivity contribution < 1.29 is 5.11 Å². The van der Waals surface area contributed by atoms with Crippen molar-refractivity contribution in [1.82, 2.24) is 15.0 Å². The largest absolute Gasteiger partial charge is 0.508 e. The summed E-state index contributed by atoms with van der Waals surface area (Å²) in [5.41, 5.74) is 4.65. The summed E-state index contributed by atoms with van der Waals surface area (Å²) < 4.78 is 0. The van der Waals surface area contributed by atoms with Gasteiger partial charge in [0.25, 0.3) is 0 Å². The number of nitrogens with one attached hydrogen (secondary N) is 2. The Labute approximate surface area is 169 Å². The van der Waals surface area contributed by atoms with Crippen molar-refractivity contribution in [3.8, 4) is 5.75 Å². The Kier molecular flexibility index (Phi) is 5.80. The molecule has 0 amide bonds. The van der Waals surface area contributed by atoms with Gasteiger partial charge < -0.3 is 15.3 Å². The maximum atomic E-state index is 9.37. The van der Waals surface area contributed by atoms with Crippen molar-refractivity contribution in [3.63, 3.8) is 0 Å². The molecule has 148 valence electrons. The topological polar surface area (TPSA) is 98.6 Å². The van der Waals surface area contributed by atoms with Crippen molar-refractivity contribution in [1.29, 1.82) is 0 Å². The van der Waals surface area contributed by atoms with Crippen LogP contribution in [0.2, 0.25) is 0 Å². The Morgan fingerprint density at radius 2 is 1.59 bits per heavy atom. The summed E-state index contributed by atoms with van der Waals surface area (Å²) in [6, 6.07) is 16.6. The highest BCUT2D eigenvalue weighted by atomic mass is 16.3. The molecule has 0 aliphatic carbocycles. The fraction of sp³-hybridized carbons (Fsp3) is 0.238. The zero-order chi connectivity index (χ0) is 19.9. The van der Waals surface area contributed by atoms with E-state index in [1.54, 1.807) is 30.5 Å². The fourth-order valence-electron chi connectivity index (χ4n) is 3.08. The zero-order valence-electron chi connectivity index (χ0n) is 16.0. The number of hydrogen-bond donors (Lipinski definition) is 3. The lowest BCUT2D eigenvalue weighted by atomic mass is 10.1. The lowest BCUT2D eigenvalue weighted by Crippen LogP contribution is -2.31. The van der Waals surface area contributed by atoms with Crippen LogP contribution >= 0.6 is 0 Å². The van der Waals surface area contributed by atoms with E-state index in [-0.39, 0.29) is 5.75 Å². The van der Waals surface area contributed by atoms with Crippen LogP contribution in [0.15, 0.2) is 59.7 Å². The minimum absolute atomic E-state index is 0.218. The predicted octanol–water partition coefficient (Wildman–Crippen LogP) is 3.76. The average molecular weight is 389 g/mol. The van der Waals surface area contributed by atoms with Crippen LogP contribution in [-0.2, 0) is 0 Å². The van der Waals surface area contributed by atoms with Gasteiger partial charge in [0.15, 0.2) is 0 Å². The minimum Gasteiger partial charge on any atom is -0.508 e. The van der Waals surface area contributed by atoms with Gasteiger partial charge in [0.1, 0.15) is 5.75 Å². The first-order valence-electron chi connectivity index (χ1n) is 9.67. The number of phenols is 1. The number of aromatic nitrogens is 3. The highest BCUT2D eigenvalue weighted by molar-refractivity contribution is 5.80. The summed E-state index contributed by atoms with van der Waals surface area (Å²) in [5.74, 6) is 1.69. The van der Waals surface area contributed by atoms with Crippen molar-refractivity contribution in [2.45, 2.75) is 19.3 Å². The maximum Gasteiger partial charge on any atom is 0.250 e. The zero-order valence-corrected chi connectivity index (χ0v) is 16.0. The van der Waals surface area contributed by atoms with E-state index in [0.717, 1.165) is 37.2 Å². The molecule has 0 saturated carbocycles. The van der Waals surface area contributed by atoms with Gasteiger partial charge in [0.2, 0.25) is 17.8 Å². The van der Waals surface area contributed by atoms with Gasteiger partial charge in [-0.2, -0.15) is 20.1 Å². The molecule has 1 aliphatic heterocycles. The van der Waals surface area contributed by atoms with Crippen LogP contribution in [-0.4, -0.2) is 39.4 Å². The Balaban J connectivity index is 1.55. The number of rotatable bonds is 6. The second kappa shape index (κ2) is 9.01. The quantitative estimate of drug-likeness (QED) is 0.436. The normalized spacial score (nSPS) is 14.1. The number of nitrogens with zero attached hydrogens (tertiary/aromatic N) is 5. The first kappa shape index (κ1) is 18.7. The van der Waals surface area contributed by atoms with Gasteiger partial charge in [0, 0.05) is 18.8 Å². The van der Waals surface area contributed by atoms with E-state index in [1.807, 2.05) is 30.3 Å². The maximum absolute atomic E-state index is 9.37. The van der Waals surface area contributed by atoms with Gasteiger partial charge in [-0.05, 0) is 61.2 Å². The number of hydrogen-bond acceptors (Lipinski definition) is 8. The third kappa shape index (κ3) is 5.19. The number of para-hydroxylation sites is 1. The molecule has 0 spiro atoms. The molecule has 1 saturated heterocycles. The molecule has 0 atom stereocenters. The predicted molar refractivity (Wildman–Crippen MR) is 115 cm³/mol. The van der Waals surface area contributed by atoms with Gasteiger partial charge in [-0.15, -0.1) is 0 Å². The van der Waals surface area contributed by atoms with E-state index >= 15 is 0 Å². The highest BCUT2D eigenvalue weighted by Gasteiger charge is 2.16. The summed E-state index contributed by atoms with van der Waals surface area (Å²) in [4.78, 5) is 15.8. The van der Waals surface area contributed by atoms with Crippen LogP contribution in [0.3, 0.4) is 0 Å². The van der Waals surface area contributed by atoms with E-state index < -0.39 is 0 Å². The van der Waals surface area contributed by atoms with Gasteiger partial charge in [-0.25, -0.2) is 5.43 Å². The summed E-state index contributed by atoms with van der Waals surface area (Å²) in [6.45, 7) is 1.87. The molecule has 8 heteroatoms. The summed E-state index contributed by atoms with van der Waals surface area (Å²) >= 11 is 0. The molecule has 0 radical (unpaired) electrons. The number of piperidine rings is 1. The molecular formula is C21H23N7O. The molecule has 3 N–H and O–H groups in total. The van der Waals surface area contributed by atoms with Crippen LogP contribution in [0.5, 0.6) is 5.75 Å². The lowest BCUT2D eigenvalue weighted by molar-refractivity contribution is 0.475. The van der Waals surface area contributed by atoms with Crippen molar-refractivity contribution in [2.75, 3.05) is 28.7 Å². The molecule has 1 aromatic heterocycles. The minimum atomic E-state index is 0.218. The van der Waals surface area contributed by atoms with Gasteiger partial charge in [-0.3, -0.25) is 0 Å². The summed E-state index contributed by atoms with van der Waals surface area (Å²) in [6.07, 6.45) is 5.15. The van der Waals surface area contributed by atoms with Crippen LogP contribution in [0.25, 0.3) is 0 Å². The number of phenolic OH excluding ortho intramolecular Hbond substituents is 1. The van der Waals surface area contributed by atoms with E-state index in [1.165, 1.54) is 6.42 Å². The molecule has 4 rings (SSSR count). The number of benzene rings is 2. The van der Waals surface area contributed by atoms with Crippen LogP contribution < -0.4 is 15.6 Å². The van der Waals surface area contributed by atoms with E-state index in [4.69, 9.17) is 0 Å². The Morgan fingerprint density at radius 3 is 2.34 bits per heavy atom. The van der Waals surface area contributed by atoms with E-state index in [2.05, 4.69) is 35.7 Å². The molecular weight excluding hydrogens is 366 g/mol. The molecule has 1 fully saturated rings. The molecule has 2 aromatic carbocycles. The average Bonchev–Trinajstić information content (AvgIpc) is 2.76. The summed E-state index contributed by atoms with van der Waals surface area (Å²) in [5, 5.41) is 16.8. The highest BCUT2D eigenvalue weighted by Crippen LogP contribution is 2.20. The third-order valence-electron chi connectivity index (χ3n) is 4.56. The molecule has 3 aromatic rings. The van der Waals surface area contributed by atoms with Gasteiger partial charge in [0.05, 0.1) is 6.21 Å². The number of aromatic hydroxyl groups is 1. The third-order valence-corrected chi connectivity index (χ3v) is 4.56. The van der Waals surface area contributed by atoms with Crippen LogP contribution in [0.4, 0.5) is 23.5 Å². The van der Waals surface area contributed by atoms with Crippen LogP contribution in [0.1, 0.15) is 24.8 Å². The Bertz CT molecular complexity index is 955. The first-order chi connectivity index (χ1) is 14.3. The van der Waals surface area contributed by atoms with Crippen molar-refractivity contribution in [3.05, 3.63) is 60.2 Å². The standard InChI is InChI=1S/C21H23N7O/c29-18-11-9-16(10-12-18)15-22-27-20-24-19(23-17-7-3-1-4-8-17)25-21(26-20)28-13-5-2-6-14-28/h1,3-4,7-12,15,29H,2,5-6,13-14H2,(H2,23,24,25,26,27)/b22-15+. The SMILES string of the molecule is Oc1ccc(/C=N/Nc2nc(Nc3ccccc3)nc(N3CCCCC3)n2)cc1. The smallest absolute Gasteiger partial charge is 0.250 e. The fourth-order valence-corrected chi connectivity index (χ4v) is 3.08. The number of anilines is 4. The molecule has 29 heavy (non-hydrogen) atoms. The lowest BCUT2D eigenvalue weighted by Gasteiger charge is -2.26. The van der Waals surface area contributed by atoms with Crippen molar-refractivity contribution in [2.24, 2.45) is 5.10 Å². The monoisotopic (exact) mass is 389 g/mol. The second-order valence-electron chi connectivity index (χ2n) is 6.78. The molecule has 2 heterocycles. The Hall–Kier alpha value is -3.68. The molecule has 8 nitrogen and oxygen atoms in total. The van der Waals surface area contributed by atoms with E-state index in [9.17, 15) is 5.11 Å². The number of hydrazone groups is 1. The van der Waals surface area contributed by atoms with Gasteiger partial charge >= 0.3 is 0 Å². The Morgan fingerprint density at radius 1 is 0.862 bits per heavy atom. The first-order valence-corrected chi connectivity index (χ1v) is 9.67. The van der Waals surface area contributed by atoms with E-state index in [0.29, 0.717) is 17.8 Å². The molecule has 0 bridgehead atoms. The second-order valence-corrected chi connectivity index (χ2v) is 6.78. The van der Waals surface area contributed by atoms with Crippen molar-refractivity contribution >= 4 is 29.7 Å². The molecule has 1 aliphatic rings. The molecule has 0 unspecified atom stereocenters. The summed E-state index contributed by atoms with van der Waals surface area (Å²) in [7, 11) is 0. The van der Waals surface area contributed by atoms with Gasteiger partial charge in [-0.1, -0.05) is 18.2 Å².